The molecule has 20 nitrogen and oxygen atoms in total. The van der Waals surface area contributed by atoms with E-state index in [1.165, 1.54) is 29.8 Å². The van der Waals surface area contributed by atoms with Crippen molar-refractivity contribution in [2.45, 2.75) is 58.3 Å². The molecule has 0 spiro atoms. The topological polar surface area (TPSA) is 292 Å². The number of aromatic amines is 1. The Bertz CT molecular complexity index is 1810. The van der Waals surface area contributed by atoms with Crippen LogP contribution >= 0.6 is 23.5 Å². The molecule has 1 aliphatic heterocycles. The maximum absolute atomic E-state index is 13.0. The molecule has 0 aliphatic carbocycles. The molecule has 1 aliphatic rings. The number of hydrogen-bond donors (Lipinski definition) is 6. The van der Waals surface area contributed by atoms with E-state index in [4.69, 9.17) is 19.3 Å². The molecule has 0 amide bonds. The largest absolute Gasteiger partial charge is 0.490 e. The van der Waals surface area contributed by atoms with Crippen molar-refractivity contribution in [1.82, 2.24) is 14.5 Å². The van der Waals surface area contributed by atoms with Crippen LogP contribution in [0.1, 0.15) is 49.6 Å². The zero-order valence-electron chi connectivity index (χ0n) is 24.3. The lowest BCUT2D eigenvalue weighted by molar-refractivity contribution is -0.386. The minimum Gasteiger partial charge on any atom is -0.390 e. The monoisotopic (exact) mass is 712 g/mol. The minimum absolute atomic E-state index is 0.116. The van der Waals surface area contributed by atoms with Crippen molar-refractivity contribution in [3.05, 3.63) is 67.9 Å². The van der Waals surface area contributed by atoms with E-state index in [1.807, 2.05) is 13.8 Å². The maximum atomic E-state index is 13.0. The van der Waals surface area contributed by atoms with Crippen molar-refractivity contribution in [2.24, 2.45) is 5.92 Å². The van der Waals surface area contributed by atoms with Gasteiger partial charge in [0.05, 0.1) is 41.3 Å². The molecule has 4 unspecified atom stereocenters. The highest BCUT2D eigenvalue weighted by atomic mass is 31.3. The van der Waals surface area contributed by atoms with Crippen LogP contribution in [0.25, 0.3) is 11.0 Å². The highest BCUT2D eigenvalue weighted by molar-refractivity contribution is 7.66. The fourth-order valence-electron chi connectivity index (χ4n) is 4.89. The Kier molecular flexibility index (Phi) is 10.9. The molecule has 1 aromatic carbocycles. The molecule has 4 rings (SSSR count). The van der Waals surface area contributed by atoms with Crippen LogP contribution < -0.4 is 5.56 Å². The molecule has 3 aromatic rings. The number of para-hydroxylation sites is 1. The van der Waals surface area contributed by atoms with E-state index in [0.717, 1.165) is 0 Å². The van der Waals surface area contributed by atoms with Gasteiger partial charge in [-0.1, -0.05) is 26.0 Å². The number of fused-ring (bicyclic) bond motifs is 1. The van der Waals surface area contributed by atoms with Gasteiger partial charge < -0.3 is 43.7 Å². The van der Waals surface area contributed by atoms with Gasteiger partial charge in [0.15, 0.2) is 0 Å². The summed E-state index contributed by atoms with van der Waals surface area (Å²) in [7, 11) is -16.8. The number of benzene rings is 1. The van der Waals surface area contributed by atoms with Gasteiger partial charge in [0.2, 0.25) is 0 Å². The summed E-state index contributed by atoms with van der Waals surface area (Å²) in [5, 5.41) is 22.4. The number of hydrogen-bond acceptors (Lipinski definition) is 13. The standard InChI is InChI=1S/C23H31N4O16P3/c1-12(2)21(15-6-4-5-7-16(15)27(30)31)39-10-14-9-26(22-20(14)23(29)25-13(3)24-22)19-8-17(28)18(41-19)11-40-45(35,36)43-46(37,38)42-44(32,33)34/h4-7,9,12,17-19,21,28H,8,10-11H2,1-3H3,(H,35,36)(H,37,38)(H,24,25,29)(H2,32,33,34)/t17?,18-,19-,21?/m1/s1. The van der Waals surface area contributed by atoms with Gasteiger partial charge in [-0.3, -0.25) is 19.4 Å². The fraction of sp³-hybridized carbons (Fsp3) is 0.478. The Labute approximate surface area is 259 Å². The molecule has 23 heteroatoms. The molecule has 3 heterocycles. The second kappa shape index (κ2) is 13.8. The first-order chi connectivity index (χ1) is 21.3. The Morgan fingerprint density at radius 3 is 2.46 bits per heavy atom. The number of aromatic nitrogens is 3. The summed E-state index contributed by atoms with van der Waals surface area (Å²) in [6.07, 6.45) is -3.09. The van der Waals surface area contributed by atoms with Crippen molar-refractivity contribution < 1.29 is 65.9 Å². The Morgan fingerprint density at radius 1 is 1.15 bits per heavy atom. The summed E-state index contributed by atoms with van der Waals surface area (Å²) in [4.78, 5) is 67.6. The van der Waals surface area contributed by atoms with Gasteiger partial charge >= 0.3 is 23.5 Å². The summed E-state index contributed by atoms with van der Waals surface area (Å²) in [5.74, 6) is 0.0313. The van der Waals surface area contributed by atoms with Gasteiger partial charge in [-0.05, 0) is 18.9 Å². The average molecular weight is 712 g/mol. The molecule has 6 N–H and O–H groups in total. The first-order valence-corrected chi connectivity index (χ1v) is 17.9. The van der Waals surface area contributed by atoms with Crippen LogP contribution in [-0.2, 0) is 42.9 Å². The second-order valence-electron chi connectivity index (χ2n) is 10.5. The molecular formula is C23H31N4O16P3. The number of H-pyrrole nitrogens is 1. The third kappa shape index (κ3) is 8.81. The summed E-state index contributed by atoms with van der Waals surface area (Å²) < 4.78 is 59.8. The predicted molar refractivity (Wildman–Crippen MR) is 155 cm³/mol. The number of phosphoric acid groups is 3. The molecule has 0 bridgehead atoms. The van der Waals surface area contributed by atoms with Crippen molar-refractivity contribution in [3.63, 3.8) is 0 Å². The van der Waals surface area contributed by atoms with Gasteiger partial charge in [0.1, 0.15) is 23.8 Å². The average Bonchev–Trinajstić information content (AvgIpc) is 3.45. The second-order valence-corrected chi connectivity index (χ2v) is 14.9. The Balaban J connectivity index is 1.56. The summed E-state index contributed by atoms with van der Waals surface area (Å²) in [6.45, 7) is 4.09. The number of nitrogens with one attached hydrogen (secondary N) is 1. The number of aliphatic hydroxyl groups excluding tert-OH is 1. The van der Waals surface area contributed by atoms with Crippen LogP contribution in [0.2, 0.25) is 0 Å². The smallest absolute Gasteiger partial charge is 0.390 e. The SMILES string of the molecule is Cc1nc2c(c(COC(c3ccccc3[N+](=O)[O-])C(C)C)cn2[C@H]2CC(O)[C@@H](COP(=O)(O)OP(=O)(O)OP(=O)(O)O)O2)c(=O)[nH]1. The molecule has 0 saturated carbocycles. The number of nitro benzene ring substituents is 1. The van der Waals surface area contributed by atoms with Crippen LogP contribution in [0, 0.1) is 23.0 Å². The highest BCUT2D eigenvalue weighted by Gasteiger charge is 2.43. The van der Waals surface area contributed by atoms with E-state index in [1.54, 1.807) is 12.1 Å². The van der Waals surface area contributed by atoms with Gasteiger partial charge in [-0.15, -0.1) is 0 Å². The van der Waals surface area contributed by atoms with E-state index in [2.05, 4.69) is 23.1 Å². The molecular weight excluding hydrogens is 681 g/mol. The van der Waals surface area contributed by atoms with Crippen LogP contribution in [-0.4, -0.2) is 63.0 Å². The van der Waals surface area contributed by atoms with Crippen molar-refractivity contribution in [2.75, 3.05) is 6.61 Å². The molecule has 6 atom stereocenters. The number of aryl methyl sites for hydroxylation is 1. The summed E-state index contributed by atoms with van der Waals surface area (Å²) in [5.41, 5.74) is 0.166. The fourth-order valence-corrected chi connectivity index (χ4v) is 7.92. The van der Waals surface area contributed by atoms with Gasteiger partial charge in [-0.25, -0.2) is 18.7 Å². The third-order valence-corrected chi connectivity index (χ3v) is 10.5. The minimum atomic E-state index is -5.75. The molecule has 0 radical (unpaired) electrons. The lowest BCUT2D eigenvalue weighted by Crippen LogP contribution is -2.26. The van der Waals surface area contributed by atoms with Crippen LogP contribution in [0.15, 0.2) is 35.3 Å². The zero-order valence-corrected chi connectivity index (χ0v) is 27.0. The van der Waals surface area contributed by atoms with E-state index < -0.39 is 65.1 Å². The Hall–Kier alpha value is -2.67. The quantitative estimate of drug-likeness (QED) is 0.0795. The van der Waals surface area contributed by atoms with Gasteiger partial charge in [0.25, 0.3) is 11.2 Å². The first-order valence-electron chi connectivity index (χ1n) is 13.3. The van der Waals surface area contributed by atoms with Crippen molar-refractivity contribution in [1.29, 1.82) is 0 Å². The lowest BCUT2D eigenvalue weighted by atomic mass is 9.97. The number of aliphatic hydroxyl groups is 1. The van der Waals surface area contributed by atoms with Crippen LogP contribution in [0.5, 0.6) is 0 Å². The highest BCUT2D eigenvalue weighted by Crippen LogP contribution is 2.66. The van der Waals surface area contributed by atoms with E-state index >= 15 is 0 Å². The molecule has 254 valence electrons. The van der Waals surface area contributed by atoms with E-state index in [0.29, 0.717) is 11.1 Å². The predicted octanol–water partition coefficient (Wildman–Crippen LogP) is 2.85. The molecule has 2 aromatic heterocycles. The van der Waals surface area contributed by atoms with Crippen LogP contribution in [0.4, 0.5) is 5.69 Å². The van der Waals surface area contributed by atoms with E-state index in [-0.39, 0.29) is 41.5 Å². The van der Waals surface area contributed by atoms with E-state index in [9.17, 15) is 43.5 Å². The van der Waals surface area contributed by atoms with Gasteiger partial charge in [0, 0.05) is 24.2 Å². The number of nitrogens with zero attached hydrogens (tertiary/aromatic N) is 3. The number of nitro groups is 1. The first kappa shape index (κ1) is 36.2. The Morgan fingerprint density at radius 2 is 1.83 bits per heavy atom. The number of phosphoric ester groups is 1. The normalized spacial score (nSPS) is 22.2. The molecule has 1 fully saturated rings. The zero-order chi connectivity index (χ0) is 34.2. The lowest BCUT2D eigenvalue weighted by Gasteiger charge is -2.21. The van der Waals surface area contributed by atoms with Crippen LogP contribution in [0.3, 0.4) is 0 Å². The summed E-state index contributed by atoms with van der Waals surface area (Å²) in [6, 6.07) is 6.13. The number of rotatable bonds is 14. The van der Waals surface area contributed by atoms with Gasteiger partial charge in [-0.2, -0.15) is 8.62 Å². The van der Waals surface area contributed by atoms with Crippen molar-refractivity contribution in [3.8, 4) is 0 Å². The van der Waals surface area contributed by atoms with Crippen molar-refractivity contribution >= 4 is 40.2 Å². The maximum Gasteiger partial charge on any atom is 0.490 e. The molecule has 46 heavy (non-hydrogen) atoms. The summed E-state index contributed by atoms with van der Waals surface area (Å²) >= 11 is 0. The molecule has 1 saturated heterocycles. The number of ether oxygens (including phenoxy) is 2. The third-order valence-electron chi connectivity index (χ3n) is 6.68.